The van der Waals surface area contributed by atoms with Crippen molar-refractivity contribution < 1.29 is 14.6 Å². The Morgan fingerprint density at radius 1 is 1.27 bits per heavy atom. The third-order valence-electron chi connectivity index (χ3n) is 2.94. The molecule has 1 aliphatic heterocycles. The highest BCUT2D eigenvalue weighted by molar-refractivity contribution is 5.54. The Labute approximate surface area is 89.6 Å². The lowest BCUT2D eigenvalue weighted by molar-refractivity contribution is 0.173. The van der Waals surface area contributed by atoms with E-state index in [4.69, 9.17) is 14.6 Å². The van der Waals surface area contributed by atoms with Crippen LogP contribution in [0.4, 0.5) is 0 Å². The molecule has 3 heteroatoms. The number of aryl methyl sites for hydroxylation is 1. The number of hydrogen-bond acceptors (Lipinski definition) is 3. The predicted octanol–water partition coefficient (Wildman–Crippen LogP) is 1.96. The minimum Gasteiger partial charge on any atom is -0.454 e. The zero-order valence-corrected chi connectivity index (χ0v) is 9.17. The van der Waals surface area contributed by atoms with Crippen molar-refractivity contribution in [2.75, 3.05) is 13.4 Å². The number of aliphatic hydroxyl groups is 1. The molecule has 82 valence electrons. The van der Waals surface area contributed by atoms with Crippen LogP contribution in [0.1, 0.15) is 23.1 Å². The van der Waals surface area contributed by atoms with Crippen molar-refractivity contribution >= 4 is 0 Å². The molecule has 15 heavy (non-hydrogen) atoms. The monoisotopic (exact) mass is 208 g/mol. The van der Waals surface area contributed by atoms with Crippen molar-refractivity contribution in [3.8, 4) is 11.5 Å². The number of ether oxygens (including phenoxy) is 2. The van der Waals surface area contributed by atoms with Crippen LogP contribution in [0.15, 0.2) is 6.07 Å². The summed E-state index contributed by atoms with van der Waals surface area (Å²) in [4.78, 5) is 0. The van der Waals surface area contributed by atoms with Gasteiger partial charge in [-0.1, -0.05) is 0 Å². The lowest BCUT2D eigenvalue weighted by Gasteiger charge is -2.10. The molecule has 0 saturated carbocycles. The summed E-state index contributed by atoms with van der Waals surface area (Å²) in [6.45, 7) is 4.68. The number of rotatable bonds is 3. The molecule has 0 unspecified atom stereocenters. The molecule has 1 aromatic rings. The Hall–Kier alpha value is -1.22. The fourth-order valence-corrected chi connectivity index (χ4v) is 1.90. The summed E-state index contributed by atoms with van der Waals surface area (Å²) in [5, 5.41) is 8.83. The van der Waals surface area contributed by atoms with Crippen LogP contribution in [0.2, 0.25) is 0 Å². The summed E-state index contributed by atoms with van der Waals surface area (Å²) in [6, 6.07) is 2.03. The maximum absolute atomic E-state index is 8.83. The summed E-state index contributed by atoms with van der Waals surface area (Å²) in [6.07, 6.45) is 1.68. The minimum absolute atomic E-state index is 0.229. The Bertz CT molecular complexity index is 372. The van der Waals surface area contributed by atoms with E-state index < -0.39 is 0 Å². The quantitative estimate of drug-likeness (QED) is 0.825. The van der Waals surface area contributed by atoms with Gasteiger partial charge in [-0.2, -0.15) is 0 Å². The fraction of sp³-hybridized carbons (Fsp3) is 0.500. The molecule has 2 rings (SSSR count). The van der Waals surface area contributed by atoms with Gasteiger partial charge in [0.25, 0.3) is 0 Å². The van der Waals surface area contributed by atoms with Gasteiger partial charge in [0.15, 0.2) is 11.5 Å². The number of aliphatic hydroxyl groups excluding tert-OH is 1. The molecule has 1 aliphatic rings. The average Bonchev–Trinajstić information content (AvgIpc) is 2.69. The van der Waals surface area contributed by atoms with Crippen LogP contribution in [0, 0.1) is 13.8 Å². The van der Waals surface area contributed by atoms with Gasteiger partial charge < -0.3 is 14.6 Å². The Morgan fingerprint density at radius 2 is 2.07 bits per heavy atom. The standard InChI is InChI=1S/C12H16O3/c1-8-9(2)12-11(14-7-15-12)6-10(8)4-3-5-13/h6,13H,3-5,7H2,1-2H3. The third kappa shape index (κ3) is 1.79. The molecule has 0 aliphatic carbocycles. The molecule has 0 aromatic heterocycles. The van der Waals surface area contributed by atoms with Crippen LogP contribution in [0.3, 0.4) is 0 Å². The van der Waals surface area contributed by atoms with Crippen molar-refractivity contribution in [1.82, 2.24) is 0 Å². The molecular formula is C12H16O3. The van der Waals surface area contributed by atoms with E-state index in [1.165, 1.54) is 11.1 Å². The molecule has 0 amide bonds. The summed E-state index contributed by atoms with van der Waals surface area (Å²) >= 11 is 0. The van der Waals surface area contributed by atoms with E-state index in [1.54, 1.807) is 0 Å². The lowest BCUT2D eigenvalue weighted by Crippen LogP contribution is -1.96. The van der Waals surface area contributed by atoms with Gasteiger partial charge in [-0.05, 0) is 49.4 Å². The molecule has 0 fully saturated rings. The van der Waals surface area contributed by atoms with Crippen molar-refractivity contribution in [1.29, 1.82) is 0 Å². The van der Waals surface area contributed by atoms with E-state index in [2.05, 4.69) is 6.92 Å². The van der Waals surface area contributed by atoms with Crippen LogP contribution in [0.5, 0.6) is 11.5 Å². The molecular weight excluding hydrogens is 192 g/mol. The maximum atomic E-state index is 8.83. The highest BCUT2D eigenvalue weighted by atomic mass is 16.7. The molecule has 0 spiro atoms. The van der Waals surface area contributed by atoms with E-state index in [-0.39, 0.29) is 6.61 Å². The van der Waals surface area contributed by atoms with Crippen molar-refractivity contribution in [3.63, 3.8) is 0 Å². The summed E-state index contributed by atoms with van der Waals surface area (Å²) < 4.78 is 10.8. The minimum atomic E-state index is 0.229. The molecule has 3 nitrogen and oxygen atoms in total. The number of hydrogen-bond donors (Lipinski definition) is 1. The first-order chi connectivity index (χ1) is 7.24. The zero-order valence-electron chi connectivity index (χ0n) is 9.17. The topological polar surface area (TPSA) is 38.7 Å². The largest absolute Gasteiger partial charge is 0.454 e. The summed E-state index contributed by atoms with van der Waals surface area (Å²) in [7, 11) is 0. The first-order valence-corrected chi connectivity index (χ1v) is 5.23. The molecule has 0 atom stereocenters. The Morgan fingerprint density at radius 3 is 2.80 bits per heavy atom. The first kappa shape index (κ1) is 10.3. The normalized spacial score (nSPS) is 13.3. The van der Waals surface area contributed by atoms with Gasteiger partial charge >= 0.3 is 0 Å². The van der Waals surface area contributed by atoms with Gasteiger partial charge in [0, 0.05) is 6.61 Å². The Kier molecular flexibility index (Phi) is 2.82. The molecule has 1 N–H and O–H groups in total. The zero-order chi connectivity index (χ0) is 10.8. The molecule has 0 radical (unpaired) electrons. The smallest absolute Gasteiger partial charge is 0.231 e. The van der Waals surface area contributed by atoms with Gasteiger partial charge in [-0.3, -0.25) is 0 Å². The predicted molar refractivity (Wildman–Crippen MR) is 57.4 cm³/mol. The highest BCUT2D eigenvalue weighted by Gasteiger charge is 2.19. The number of fused-ring (bicyclic) bond motifs is 1. The van der Waals surface area contributed by atoms with Crippen molar-refractivity contribution in [2.24, 2.45) is 0 Å². The SMILES string of the molecule is Cc1c(CCCO)cc2c(c1C)OCO2. The molecule has 1 heterocycles. The van der Waals surface area contributed by atoms with Crippen molar-refractivity contribution in [3.05, 3.63) is 22.8 Å². The molecule has 1 aromatic carbocycles. The van der Waals surface area contributed by atoms with Crippen LogP contribution in [-0.2, 0) is 6.42 Å². The second-order valence-electron chi connectivity index (χ2n) is 3.85. The third-order valence-corrected chi connectivity index (χ3v) is 2.94. The Balaban J connectivity index is 2.36. The molecule has 0 bridgehead atoms. The second kappa shape index (κ2) is 4.11. The lowest BCUT2D eigenvalue weighted by atomic mass is 9.98. The highest BCUT2D eigenvalue weighted by Crippen LogP contribution is 2.38. The van der Waals surface area contributed by atoms with Gasteiger partial charge in [0.1, 0.15) is 0 Å². The van der Waals surface area contributed by atoms with Crippen LogP contribution < -0.4 is 9.47 Å². The van der Waals surface area contributed by atoms with E-state index in [0.717, 1.165) is 29.9 Å². The van der Waals surface area contributed by atoms with Gasteiger partial charge in [0.2, 0.25) is 6.79 Å². The average molecular weight is 208 g/mol. The second-order valence-corrected chi connectivity index (χ2v) is 3.85. The van der Waals surface area contributed by atoms with Gasteiger partial charge in [-0.25, -0.2) is 0 Å². The first-order valence-electron chi connectivity index (χ1n) is 5.23. The van der Waals surface area contributed by atoms with Crippen LogP contribution in [0.25, 0.3) is 0 Å². The summed E-state index contributed by atoms with van der Waals surface area (Å²) in [5.41, 5.74) is 3.64. The van der Waals surface area contributed by atoms with Crippen LogP contribution in [-0.4, -0.2) is 18.5 Å². The van der Waals surface area contributed by atoms with Crippen LogP contribution >= 0.6 is 0 Å². The maximum Gasteiger partial charge on any atom is 0.231 e. The van der Waals surface area contributed by atoms with E-state index in [0.29, 0.717) is 6.79 Å². The van der Waals surface area contributed by atoms with E-state index in [9.17, 15) is 0 Å². The van der Waals surface area contributed by atoms with Gasteiger partial charge in [0.05, 0.1) is 0 Å². The van der Waals surface area contributed by atoms with Gasteiger partial charge in [-0.15, -0.1) is 0 Å². The van der Waals surface area contributed by atoms with Crippen molar-refractivity contribution in [2.45, 2.75) is 26.7 Å². The summed E-state index contributed by atoms with van der Waals surface area (Å²) in [5.74, 6) is 1.71. The van der Waals surface area contributed by atoms with E-state index in [1.807, 2.05) is 13.0 Å². The van der Waals surface area contributed by atoms with E-state index >= 15 is 0 Å². The molecule has 0 saturated heterocycles. The number of benzene rings is 1. The fourth-order valence-electron chi connectivity index (χ4n) is 1.90.